The molecule has 2 heteroatoms. The van der Waals surface area contributed by atoms with Crippen LogP contribution < -0.4 is 5.32 Å². The van der Waals surface area contributed by atoms with E-state index in [9.17, 15) is 4.79 Å². The molecule has 0 rings (SSSR count). The van der Waals surface area contributed by atoms with Gasteiger partial charge in [0.1, 0.15) is 0 Å². The predicted octanol–water partition coefficient (Wildman–Crippen LogP) is 2.36. The molecule has 72 valence electrons. The molecule has 2 nitrogen and oxygen atoms in total. The third-order valence-electron chi connectivity index (χ3n) is 1.33. The summed E-state index contributed by atoms with van der Waals surface area (Å²) in [6.07, 6.45) is 1.76. The molecule has 0 bridgehead atoms. The number of Topliss-reactive ketones (excluding diaryl/α,β-unsaturated/α-hetero) is 1. The molecule has 0 fully saturated rings. The zero-order chi connectivity index (χ0) is 10.1. The molecule has 0 saturated heterocycles. The Morgan fingerprint density at radius 1 is 1.33 bits per heavy atom. The van der Waals surface area contributed by atoms with Gasteiger partial charge < -0.3 is 5.32 Å². The van der Waals surface area contributed by atoms with Gasteiger partial charge in [-0.3, -0.25) is 4.79 Å². The highest BCUT2D eigenvalue weighted by Gasteiger charge is 2.06. The first-order chi connectivity index (χ1) is 5.59. The number of hydrogen-bond donors (Lipinski definition) is 1. The first kappa shape index (κ1) is 13.8. The van der Waals surface area contributed by atoms with Gasteiger partial charge in [-0.1, -0.05) is 27.7 Å². The van der Waals surface area contributed by atoms with Gasteiger partial charge in [-0.15, -0.1) is 0 Å². The molecular formula is C10H21NO. The van der Waals surface area contributed by atoms with Crippen LogP contribution in [0.1, 0.15) is 34.6 Å². The maximum absolute atomic E-state index is 10.9. The van der Waals surface area contributed by atoms with Gasteiger partial charge in [0.15, 0.2) is 5.78 Å². The smallest absolute Gasteiger partial charge is 0.157 e. The molecule has 0 aromatic heterocycles. The minimum Gasteiger partial charge on any atom is -0.394 e. The molecule has 0 aromatic rings. The van der Waals surface area contributed by atoms with E-state index in [-0.39, 0.29) is 5.78 Å². The minimum atomic E-state index is 0.143. The maximum atomic E-state index is 10.9. The normalized spacial score (nSPS) is 10.4. The standard InChI is InChI=1S/C8H15NO.C2H6/c1-6(2)8(5-9-4)7(3)10;1-2/h5-6,9H,1-4H3;1-2H3/b8-5-;. The SMILES string of the molecule is CC.CN/C=C(\C(C)=O)C(C)C. The molecule has 0 amide bonds. The molecule has 0 aliphatic carbocycles. The van der Waals surface area contributed by atoms with E-state index in [0.717, 1.165) is 5.57 Å². The Kier molecular flexibility index (Phi) is 9.54. The first-order valence-electron chi connectivity index (χ1n) is 4.47. The summed E-state index contributed by atoms with van der Waals surface area (Å²) in [5, 5.41) is 2.85. The van der Waals surface area contributed by atoms with Crippen LogP contribution in [0.4, 0.5) is 0 Å². The van der Waals surface area contributed by atoms with Crippen molar-refractivity contribution in [3.05, 3.63) is 11.8 Å². The van der Waals surface area contributed by atoms with Crippen LogP contribution >= 0.6 is 0 Å². The fourth-order valence-corrected chi connectivity index (χ4v) is 0.830. The summed E-state index contributed by atoms with van der Waals surface area (Å²) in [4.78, 5) is 10.9. The highest BCUT2D eigenvalue weighted by molar-refractivity contribution is 5.93. The number of carbonyl (C=O) groups is 1. The van der Waals surface area contributed by atoms with Crippen LogP contribution in [0.15, 0.2) is 11.8 Å². The summed E-state index contributed by atoms with van der Waals surface area (Å²) in [7, 11) is 1.80. The molecule has 1 N–H and O–H groups in total. The average Bonchev–Trinajstić information content (AvgIpc) is 2.03. The number of ketones is 1. The Balaban J connectivity index is 0. The maximum Gasteiger partial charge on any atom is 0.157 e. The fraction of sp³-hybridized carbons (Fsp3) is 0.700. The molecule has 0 radical (unpaired) electrons. The Hall–Kier alpha value is -0.790. The fourth-order valence-electron chi connectivity index (χ4n) is 0.830. The van der Waals surface area contributed by atoms with Crippen molar-refractivity contribution >= 4 is 5.78 Å². The van der Waals surface area contributed by atoms with Crippen molar-refractivity contribution in [1.82, 2.24) is 5.32 Å². The van der Waals surface area contributed by atoms with Gasteiger partial charge in [0, 0.05) is 18.8 Å². The summed E-state index contributed by atoms with van der Waals surface area (Å²) >= 11 is 0. The van der Waals surface area contributed by atoms with Crippen molar-refractivity contribution < 1.29 is 4.79 Å². The number of hydrogen-bond acceptors (Lipinski definition) is 2. The van der Waals surface area contributed by atoms with Gasteiger partial charge in [-0.25, -0.2) is 0 Å². The summed E-state index contributed by atoms with van der Waals surface area (Å²) < 4.78 is 0. The largest absolute Gasteiger partial charge is 0.394 e. The van der Waals surface area contributed by atoms with E-state index >= 15 is 0 Å². The van der Waals surface area contributed by atoms with Crippen LogP contribution in [-0.4, -0.2) is 12.8 Å². The zero-order valence-corrected chi connectivity index (χ0v) is 9.06. The van der Waals surface area contributed by atoms with Gasteiger partial charge in [0.2, 0.25) is 0 Å². The molecule has 0 spiro atoms. The predicted molar refractivity (Wildman–Crippen MR) is 54.0 cm³/mol. The minimum absolute atomic E-state index is 0.143. The lowest BCUT2D eigenvalue weighted by Crippen LogP contribution is -2.08. The topological polar surface area (TPSA) is 29.1 Å². The van der Waals surface area contributed by atoms with E-state index in [1.807, 2.05) is 27.7 Å². The van der Waals surface area contributed by atoms with Crippen LogP contribution in [0, 0.1) is 5.92 Å². The van der Waals surface area contributed by atoms with E-state index < -0.39 is 0 Å². The molecule has 12 heavy (non-hydrogen) atoms. The van der Waals surface area contributed by atoms with Gasteiger partial charge in [-0.2, -0.15) is 0 Å². The van der Waals surface area contributed by atoms with Crippen molar-refractivity contribution in [3.8, 4) is 0 Å². The first-order valence-corrected chi connectivity index (χ1v) is 4.47. The zero-order valence-electron chi connectivity index (χ0n) is 9.06. The van der Waals surface area contributed by atoms with Crippen LogP contribution in [-0.2, 0) is 4.79 Å². The monoisotopic (exact) mass is 171 g/mol. The van der Waals surface area contributed by atoms with Crippen LogP contribution in [0.3, 0.4) is 0 Å². The third-order valence-corrected chi connectivity index (χ3v) is 1.33. The summed E-state index contributed by atoms with van der Waals surface area (Å²) in [6.45, 7) is 9.60. The van der Waals surface area contributed by atoms with Gasteiger partial charge in [0.05, 0.1) is 0 Å². The van der Waals surface area contributed by atoms with Crippen molar-refractivity contribution in [1.29, 1.82) is 0 Å². The number of nitrogens with one attached hydrogen (secondary N) is 1. The van der Waals surface area contributed by atoms with E-state index in [2.05, 4.69) is 5.32 Å². The number of allylic oxidation sites excluding steroid dienone is 1. The lowest BCUT2D eigenvalue weighted by atomic mass is 10.0. The Labute approximate surface area is 76.1 Å². The lowest BCUT2D eigenvalue weighted by Gasteiger charge is -2.06. The molecule has 0 heterocycles. The van der Waals surface area contributed by atoms with E-state index in [0.29, 0.717) is 5.92 Å². The average molecular weight is 171 g/mol. The van der Waals surface area contributed by atoms with Crippen molar-refractivity contribution in [2.45, 2.75) is 34.6 Å². The van der Waals surface area contributed by atoms with Crippen LogP contribution in [0.5, 0.6) is 0 Å². The molecule has 0 aliphatic heterocycles. The summed E-state index contributed by atoms with van der Waals surface area (Å²) in [5.41, 5.74) is 0.850. The Bertz CT molecular complexity index is 148. The second-order valence-corrected chi connectivity index (χ2v) is 2.60. The second-order valence-electron chi connectivity index (χ2n) is 2.60. The molecular weight excluding hydrogens is 150 g/mol. The van der Waals surface area contributed by atoms with Crippen molar-refractivity contribution in [3.63, 3.8) is 0 Å². The Morgan fingerprint density at radius 3 is 1.83 bits per heavy atom. The molecule has 0 saturated carbocycles. The van der Waals surface area contributed by atoms with Crippen molar-refractivity contribution in [2.24, 2.45) is 5.92 Å². The molecule has 0 unspecified atom stereocenters. The number of rotatable bonds is 3. The van der Waals surface area contributed by atoms with Crippen molar-refractivity contribution in [2.75, 3.05) is 7.05 Å². The highest BCUT2D eigenvalue weighted by atomic mass is 16.1. The van der Waals surface area contributed by atoms with Crippen LogP contribution in [0.25, 0.3) is 0 Å². The Morgan fingerprint density at radius 2 is 1.75 bits per heavy atom. The molecule has 0 aliphatic rings. The van der Waals surface area contributed by atoms with Gasteiger partial charge in [0.25, 0.3) is 0 Å². The second kappa shape index (κ2) is 8.31. The summed E-state index contributed by atoms with van der Waals surface area (Å²) in [5.74, 6) is 0.453. The third kappa shape index (κ3) is 5.96. The van der Waals surface area contributed by atoms with Gasteiger partial charge in [-0.05, 0) is 12.8 Å². The summed E-state index contributed by atoms with van der Waals surface area (Å²) in [6, 6.07) is 0. The van der Waals surface area contributed by atoms with E-state index in [1.165, 1.54) is 0 Å². The molecule has 0 aromatic carbocycles. The number of carbonyl (C=O) groups excluding carboxylic acids is 1. The van der Waals surface area contributed by atoms with E-state index in [1.54, 1.807) is 20.2 Å². The quantitative estimate of drug-likeness (QED) is 0.660. The van der Waals surface area contributed by atoms with E-state index in [4.69, 9.17) is 0 Å². The molecule has 0 atom stereocenters. The lowest BCUT2D eigenvalue weighted by molar-refractivity contribution is -0.114. The van der Waals surface area contributed by atoms with Gasteiger partial charge >= 0.3 is 0 Å². The highest BCUT2D eigenvalue weighted by Crippen LogP contribution is 2.08. The van der Waals surface area contributed by atoms with Crippen LogP contribution in [0.2, 0.25) is 0 Å².